The Balaban J connectivity index is 0.000000290. The molecule has 1 saturated heterocycles. The quantitative estimate of drug-likeness (QED) is 0.371. The van der Waals surface area contributed by atoms with Crippen LogP contribution in [0.25, 0.3) is 11.2 Å². The molecule has 24 heavy (non-hydrogen) atoms. The first-order valence-corrected chi connectivity index (χ1v) is 7.12. The Hall–Kier alpha value is -2.60. The maximum Gasteiger partial charge on any atom is 0.167 e. The molecule has 4 rings (SSSR count). The fourth-order valence-corrected chi connectivity index (χ4v) is 2.38. The summed E-state index contributed by atoms with van der Waals surface area (Å²) in [5, 5.41) is 34.9. The normalized spacial score (nSPS) is 26.3. The maximum atomic E-state index is 9.95. The number of aromatic amines is 1. The second-order valence-corrected chi connectivity index (χ2v) is 5.08. The van der Waals surface area contributed by atoms with E-state index in [1.807, 2.05) is 6.07 Å². The summed E-state index contributed by atoms with van der Waals surface area (Å²) in [5.74, 6) is 0.218. The molecule has 0 spiro atoms. The minimum atomic E-state index is -1.19. The molecule has 0 saturated carbocycles. The molecule has 0 bridgehead atoms. The van der Waals surface area contributed by atoms with Gasteiger partial charge in [-0.05, 0) is 6.07 Å². The van der Waals surface area contributed by atoms with E-state index in [0.717, 1.165) is 0 Å². The molecular weight excluding hydrogens is 318 g/mol. The zero-order valence-electron chi connectivity index (χ0n) is 12.5. The van der Waals surface area contributed by atoms with Gasteiger partial charge in [0.1, 0.15) is 30.2 Å². The van der Waals surface area contributed by atoms with E-state index in [1.165, 1.54) is 17.2 Å². The van der Waals surface area contributed by atoms with Gasteiger partial charge in [0.05, 0.1) is 12.9 Å². The molecule has 4 atom stereocenters. The summed E-state index contributed by atoms with van der Waals surface area (Å²) in [6.07, 6.45) is 2.04. The Labute approximate surface area is 135 Å². The van der Waals surface area contributed by atoms with Crippen molar-refractivity contribution in [2.45, 2.75) is 24.5 Å². The van der Waals surface area contributed by atoms with E-state index in [-0.39, 0.29) is 5.82 Å². The molecular formula is C13H17N7O4. The number of nitrogens with zero attached hydrogens (tertiary/aromatic N) is 5. The Morgan fingerprint density at radius 3 is 2.67 bits per heavy atom. The predicted molar refractivity (Wildman–Crippen MR) is 81.3 cm³/mol. The SMILES string of the molecule is Nc1ncnc2c1ncn2[C@@H]1O[C@H](CO)[C@@H](O)[C@H]1O.c1cn[nH]c1. The Morgan fingerprint density at radius 1 is 1.25 bits per heavy atom. The largest absolute Gasteiger partial charge is 0.394 e. The summed E-state index contributed by atoms with van der Waals surface area (Å²) in [5.41, 5.74) is 6.44. The Morgan fingerprint density at radius 2 is 2.08 bits per heavy atom. The van der Waals surface area contributed by atoms with Crippen LogP contribution in [0.2, 0.25) is 0 Å². The Bertz CT molecular complexity index is 761. The van der Waals surface area contributed by atoms with Crippen LogP contribution in [0.1, 0.15) is 6.23 Å². The zero-order chi connectivity index (χ0) is 17.1. The molecule has 11 heteroatoms. The van der Waals surface area contributed by atoms with Crippen molar-refractivity contribution in [1.29, 1.82) is 0 Å². The number of hydrogen-bond acceptors (Lipinski definition) is 9. The minimum absolute atomic E-state index is 0.218. The van der Waals surface area contributed by atoms with Crippen LogP contribution < -0.4 is 5.73 Å². The second kappa shape index (κ2) is 6.88. The first kappa shape index (κ1) is 16.3. The van der Waals surface area contributed by atoms with Crippen LogP contribution in [-0.4, -0.2) is 70.0 Å². The van der Waals surface area contributed by atoms with E-state index in [2.05, 4.69) is 25.1 Å². The van der Waals surface area contributed by atoms with E-state index in [4.69, 9.17) is 15.6 Å². The minimum Gasteiger partial charge on any atom is -0.394 e. The first-order valence-electron chi connectivity index (χ1n) is 7.12. The fraction of sp³-hybridized carbons (Fsp3) is 0.385. The van der Waals surface area contributed by atoms with Crippen LogP contribution in [0, 0.1) is 0 Å². The number of hydrogen-bond donors (Lipinski definition) is 5. The highest BCUT2D eigenvalue weighted by Crippen LogP contribution is 2.31. The number of aromatic nitrogens is 6. The van der Waals surface area contributed by atoms with Crippen molar-refractivity contribution in [1.82, 2.24) is 29.7 Å². The highest BCUT2D eigenvalue weighted by Gasteiger charge is 2.43. The molecule has 128 valence electrons. The van der Waals surface area contributed by atoms with Crippen molar-refractivity contribution in [2.24, 2.45) is 0 Å². The highest BCUT2D eigenvalue weighted by molar-refractivity contribution is 5.81. The van der Waals surface area contributed by atoms with Gasteiger partial charge >= 0.3 is 0 Å². The number of nitrogen functional groups attached to an aromatic ring is 1. The van der Waals surface area contributed by atoms with E-state index >= 15 is 0 Å². The number of nitrogens with one attached hydrogen (secondary N) is 1. The van der Waals surface area contributed by atoms with Crippen molar-refractivity contribution in [3.05, 3.63) is 31.1 Å². The molecule has 1 aliphatic rings. The van der Waals surface area contributed by atoms with Gasteiger partial charge < -0.3 is 25.8 Å². The number of aliphatic hydroxyl groups is 3. The fourth-order valence-electron chi connectivity index (χ4n) is 2.38. The lowest BCUT2D eigenvalue weighted by Gasteiger charge is -2.16. The topological polar surface area (TPSA) is 168 Å². The third-order valence-corrected chi connectivity index (χ3v) is 3.58. The summed E-state index contributed by atoms with van der Waals surface area (Å²) < 4.78 is 6.85. The third-order valence-electron chi connectivity index (χ3n) is 3.58. The van der Waals surface area contributed by atoms with E-state index in [9.17, 15) is 10.2 Å². The average Bonchev–Trinajstić information content (AvgIpc) is 3.32. The molecule has 0 radical (unpaired) electrons. The summed E-state index contributed by atoms with van der Waals surface area (Å²) in [6.45, 7) is -0.390. The molecule has 0 aliphatic carbocycles. The van der Waals surface area contributed by atoms with Gasteiger partial charge in [0.2, 0.25) is 0 Å². The molecule has 4 heterocycles. The summed E-state index contributed by atoms with van der Waals surface area (Å²) >= 11 is 0. The van der Waals surface area contributed by atoms with Crippen molar-refractivity contribution in [3.8, 4) is 0 Å². The zero-order valence-corrected chi connectivity index (χ0v) is 12.5. The molecule has 3 aromatic heterocycles. The number of rotatable bonds is 2. The van der Waals surface area contributed by atoms with Crippen LogP contribution in [0.4, 0.5) is 5.82 Å². The molecule has 1 aliphatic heterocycles. The molecule has 6 N–H and O–H groups in total. The number of anilines is 1. The van der Waals surface area contributed by atoms with Gasteiger partial charge in [-0.3, -0.25) is 9.67 Å². The van der Waals surface area contributed by atoms with Crippen molar-refractivity contribution < 1.29 is 20.1 Å². The van der Waals surface area contributed by atoms with Gasteiger partial charge in [0, 0.05) is 12.4 Å². The van der Waals surface area contributed by atoms with Crippen molar-refractivity contribution >= 4 is 17.0 Å². The van der Waals surface area contributed by atoms with Gasteiger partial charge in [-0.1, -0.05) is 0 Å². The van der Waals surface area contributed by atoms with Crippen LogP contribution >= 0.6 is 0 Å². The molecule has 1 fully saturated rings. The monoisotopic (exact) mass is 335 g/mol. The highest BCUT2D eigenvalue weighted by atomic mass is 16.6. The van der Waals surface area contributed by atoms with Crippen LogP contribution in [0.15, 0.2) is 31.1 Å². The Kier molecular flexibility index (Phi) is 4.66. The van der Waals surface area contributed by atoms with E-state index in [1.54, 1.807) is 12.4 Å². The van der Waals surface area contributed by atoms with Crippen molar-refractivity contribution in [3.63, 3.8) is 0 Å². The molecule has 11 nitrogen and oxygen atoms in total. The molecule has 0 unspecified atom stereocenters. The van der Waals surface area contributed by atoms with Gasteiger partial charge in [-0.25, -0.2) is 15.0 Å². The van der Waals surface area contributed by atoms with E-state index in [0.29, 0.717) is 11.2 Å². The van der Waals surface area contributed by atoms with Crippen molar-refractivity contribution in [2.75, 3.05) is 12.3 Å². The number of nitrogens with two attached hydrogens (primary N) is 1. The van der Waals surface area contributed by atoms with Crippen LogP contribution in [0.5, 0.6) is 0 Å². The summed E-state index contributed by atoms with van der Waals surface area (Å²) in [4.78, 5) is 11.9. The predicted octanol–water partition coefficient (Wildman–Crippen LogP) is -1.57. The lowest BCUT2D eigenvalue weighted by molar-refractivity contribution is -0.0511. The van der Waals surface area contributed by atoms with Gasteiger partial charge in [0.15, 0.2) is 17.7 Å². The summed E-state index contributed by atoms with van der Waals surface area (Å²) in [6, 6.07) is 1.83. The number of imidazole rings is 1. The average molecular weight is 335 g/mol. The van der Waals surface area contributed by atoms with Crippen LogP contribution in [0.3, 0.4) is 0 Å². The lowest BCUT2D eigenvalue weighted by atomic mass is 10.1. The molecule has 0 amide bonds. The van der Waals surface area contributed by atoms with Crippen LogP contribution in [-0.2, 0) is 4.74 Å². The number of H-pyrrole nitrogens is 1. The maximum absolute atomic E-state index is 9.95. The lowest BCUT2D eigenvalue weighted by Crippen LogP contribution is -2.33. The third kappa shape index (κ3) is 2.92. The van der Waals surface area contributed by atoms with Gasteiger partial charge in [0.25, 0.3) is 0 Å². The van der Waals surface area contributed by atoms with Gasteiger partial charge in [-0.15, -0.1) is 0 Å². The summed E-state index contributed by atoms with van der Waals surface area (Å²) in [7, 11) is 0. The molecule has 0 aromatic carbocycles. The first-order chi connectivity index (χ1) is 11.6. The number of fused-ring (bicyclic) bond motifs is 1. The standard InChI is InChI=1S/C10H13N5O4.C3H4N2/c11-8-5-9(13-2-12-8)15(3-14-5)10-7(18)6(17)4(1-16)19-10;1-2-4-5-3-1/h2-4,6-7,10,16-18H,1H2,(H2,11,12,13);1-3H,(H,4,5)/t4-,6-,7-,10-;/m1./s1. The van der Waals surface area contributed by atoms with Gasteiger partial charge in [-0.2, -0.15) is 5.10 Å². The number of ether oxygens (including phenoxy) is 1. The number of aliphatic hydroxyl groups excluding tert-OH is 3. The molecule has 3 aromatic rings. The smallest absolute Gasteiger partial charge is 0.167 e. The second-order valence-electron chi connectivity index (χ2n) is 5.08. The van der Waals surface area contributed by atoms with E-state index < -0.39 is 31.1 Å².